The van der Waals surface area contributed by atoms with Crippen LogP contribution in [0.4, 0.5) is 0 Å². The van der Waals surface area contributed by atoms with Gasteiger partial charge in [-0.15, -0.1) is 0 Å². The molecule has 2 aromatic rings. The van der Waals surface area contributed by atoms with E-state index < -0.39 is 35.8 Å². The van der Waals surface area contributed by atoms with Crippen LogP contribution in [0.25, 0.3) is 0 Å². The number of aromatic hydroxyl groups is 1. The van der Waals surface area contributed by atoms with Crippen LogP contribution in [-0.4, -0.2) is 71.6 Å². The fraction of sp³-hybridized carbons (Fsp3) is 0. The Morgan fingerprint density at radius 1 is 0.486 bits per heavy atom. The normalized spacial score (nSPS) is 9.26. The minimum absolute atomic E-state index is 0.0671. The summed E-state index contributed by atoms with van der Waals surface area (Å²) in [7, 11) is 0. The largest absolute Gasteiger partial charge is 0.507 e. The van der Waals surface area contributed by atoms with Gasteiger partial charge in [0.15, 0.2) is 0 Å². The molecule has 0 amide bonds. The third-order valence-corrected chi connectivity index (χ3v) is 2.89. The van der Waals surface area contributed by atoms with Gasteiger partial charge in [0.05, 0.1) is 5.56 Å². The van der Waals surface area contributed by atoms with Crippen molar-refractivity contribution in [2.45, 2.75) is 0 Å². The van der Waals surface area contributed by atoms with Gasteiger partial charge >= 0.3 is 35.8 Å². The third kappa shape index (κ3) is 20.2. The monoisotopic (exact) mass is 492 g/mol. The molecule has 0 heterocycles. The number of para-hydroxylation sites is 1. The molecule has 7 N–H and O–H groups in total. The maximum absolute atomic E-state index is 10.3. The van der Waals surface area contributed by atoms with Crippen molar-refractivity contribution >= 4 is 35.8 Å². The molecule has 0 radical (unpaired) electrons. The van der Waals surface area contributed by atoms with E-state index in [9.17, 15) is 28.8 Å². The van der Waals surface area contributed by atoms with Gasteiger partial charge in [0.1, 0.15) is 11.3 Å². The highest BCUT2D eigenvalue weighted by molar-refractivity contribution is 5.91. The van der Waals surface area contributed by atoms with Crippen LogP contribution in [0.2, 0.25) is 0 Å². The van der Waals surface area contributed by atoms with Crippen molar-refractivity contribution in [3.63, 3.8) is 0 Å². The highest BCUT2D eigenvalue weighted by atomic mass is 16.4. The lowest BCUT2D eigenvalue weighted by Crippen LogP contribution is -1.95. The van der Waals surface area contributed by atoms with Gasteiger partial charge < -0.3 is 35.7 Å². The Bertz CT molecular complexity index is 1000. The summed E-state index contributed by atoms with van der Waals surface area (Å²) in [5, 5.41) is 56.9. The number of carboxylic acids is 6. The summed E-state index contributed by atoms with van der Waals surface area (Å²) in [5.74, 6) is -7.22. The van der Waals surface area contributed by atoms with E-state index in [1.54, 1.807) is 42.5 Å². The topological polar surface area (TPSA) is 244 Å². The molecule has 0 aliphatic rings. The van der Waals surface area contributed by atoms with Gasteiger partial charge in [-0.2, -0.15) is 0 Å². The number of benzene rings is 2. The number of carbonyl (C=O) groups is 6. The van der Waals surface area contributed by atoms with Crippen LogP contribution in [0.1, 0.15) is 20.7 Å². The first kappa shape index (κ1) is 31.7. The smallest absolute Gasteiger partial charge is 0.339 e. The first-order valence-electron chi connectivity index (χ1n) is 8.85. The van der Waals surface area contributed by atoms with E-state index in [-0.39, 0.29) is 11.3 Å². The van der Waals surface area contributed by atoms with Crippen molar-refractivity contribution in [2.75, 3.05) is 0 Å². The molecule has 0 saturated carbocycles. The molecule has 13 nitrogen and oxygen atoms in total. The number of hydrogen-bond donors (Lipinski definition) is 7. The second-order valence-corrected chi connectivity index (χ2v) is 5.51. The molecule has 0 saturated heterocycles. The first-order valence-corrected chi connectivity index (χ1v) is 8.85. The van der Waals surface area contributed by atoms with Crippen molar-refractivity contribution in [2.24, 2.45) is 0 Å². The molecular weight excluding hydrogens is 472 g/mol. The van der Waals surface area contributed by atoms with E-state index in [0.29, 0.717) is 29.9 Å². The van der Waals surface area contributed by atoms with Crippen molar-refractivity contribution in [3.05, 3.63) is 90.0 Å². The lowest BCUT2D eigenvalue weighted by molar-refractivity contribution is -0.134. The summed E-state index contributed by atoms with van der Waals surface area (Å²) >= 11 is 0. The number of phenols is 1. The Balaban J connectivity index is 0. The Morgan fingerprint density at radius 3 is 1.06 bits per heavy atom. The quantitative estimate of drug-likeness (QED) is 0.285. The molecule has 0 aromatic heterocycles. The molecule has 0 unspecified atom stereocenters. The third-order valence-electron chi connectivity index (χ3n) is 2.89. The van der Waals surface area contributed by atoms with Crippen LogP contribution in [0, 0.1) is 0 Å². The first-order chi connectivity index (χ1) is 16.3. The van der Waals surface area contributed by atoms with Crippen molar-refractivity contribution in [1.82, 2.24) is 0 Å². The molecule has 0 fully saturated rings. The SMILES string of the molecule is O=C(O)/C=C/C(=O)O.O=C(O)/C=C\C(=O)O.O=C(O)c1ccccc1.O=C(O)c1ccccc1O. The zero-order chi connectivity index (χ0) is 27.4. The van der Waals surface area contributed by atoms with E-state index in [4.69, 9.17) is 35.7 Å². The van der Waals surface area contributed by atoms with Crippen LogP contribution in [0.5, 0.6) is 5.75 Å². The Kier molecular flexibility index (Phi) is 16.4. The summed E-state index contributed by atoms with van der Waals surface area (Å²) in [4.78, 5) is 58.7. The number of aromatic carboxylic acids is 2. The molecule has 0 bridgehead atoms. The van der Waals surface area contributed by atoms with Gasteiger partial charge in [0.2, 0.25) is 0 Å². The fourth-order valence-electron chi connectivity index (χ4n) is 1.52. The summed E-state index contributed by atoms with van der Waals surface area (Å²) in [6.07, 6.45) is 2.23. The molecule has 2 aromatic carbocycles. The van der Waals surface area contributed by atoms with Crippen LogP contribution in [0.3, 0.4) is 0 Å². The van der Waals surface area contributed by atoms with Gasteiger partial charge in [-0.3, -0.25) is 0 Å². The second kappa shape index (κ2) is 18.1. The molecule has 13 heteroatoms. The van der Waals surface area contributed by atoms with Gasteiger partial charge in [-0.05, 0) is 24.3 Å². The maximum atomic E-state index is 10.3. The molecular formula is C22H20O13. The van der Waals surface area contributed by atoms with Crippen molar-refractivity contribution in [3.8, 4) is 5.75 Å². The fourth-order valence-corrected chi connectivity index (χ4v) is 1.52. The molecule has 2 rings (SSSR count). The summed E-state index contributed by atoms with van der Waals surface area (Å²) in [6, 6.07) is 14.1. The molecule has 186 valence electrons. The van der Waals surface area contributed by atoms with Crippen molar-refractivity contribution < 1.29 is 64.5 Å². The lowest BCUT2D eigenvalue weighted by Gasteiger charge is -1.95. The number of hydrogen-bond acceptors (Lipinski definition) is 7. The molecule has 0 aliphatic heterocycles. The Hall–Kier alpha value is -5.46. The predicted molar refractivity (Wildman–Crippen MR) is 117 cm³/mol. The van der Waals surface area contributed by atoms with Gasteiger partial charge in [-0.1, -0.05) is 30.3 Å². The van der Waals surface area contributed by atoms with E-state index in [0.717, 1.165) is 0 Å². The number of carboxylic acid groups (broad SMARTS) is 6. The zero-order valence-electron chi connectivity index (χ0n) is 17.6. The van der Waals surface area contributed by atoms with Gasteiger partial charge in [0.25, 0.3) is 0 Å². The average Bonchev–Trinajstić information content (AvgIpc) is 2.78. The van der Waals surface area contributed by atoms with Crippen LogP contribution in [0.15, 0.2) is 78.9 Å². The van der Waals surface area contributed by atoms with Crippen LogP contribution in [-0.2, 0) is 19.2 Å². The standard InChI is InChI=1S/C7H6O3.C7H6O2.2C4H4O4/c8-6-4-2-1-3-5(6)7(9)10;8-7(9)6-4-2-1-3-5-6;2*5-3(6)1-2-4(7)8/h1-4,8H,(H,9,10);1-5H,(H,8,9);2*1-2H,(H,5,6)(H,7,8)/b;;2-1+;2-1-. The minimum atomic E-state index is -1.26. The molecule has 0 spiro atoms. The molecule has 0 aliphatic carbocycles. The predicted octanol–water partition coefficient (Wildman–Crippen LogP) is 1.90. The minimum Gasteiger partial charge on any atom is -0.507 e. The highest BCUT2D eigenvalue weighted by Gasteiger charge is 2.05. The van der Waals surface area contributed by atoms with Crippen LogP contribution >= 0.6 is 0 Å². The summed E-state index contributed by atoms with van der Waals surface area (Å²) < 4.78 is 0. The Morgan fingerprint density at radius 2 is 0.829 bits per heavy atom. The second-order valence-electron chi connectivity index (χ2n) is 5.51. The lowest BCUT2D eigenvalue weighted by atomic mass is 10.2. The summed E-state index contributed by atoms with van der Waals surface area (Å²) in [6.45, 7) is 0. The summed E-state index contributed by atoms with van der Waals surface area (Å²) in [5.41, 5.74) is 0.264. The average molecular weight is 492 g/mol. The van der Waals surface area contributed by atoms with E-state index in [1.807, 2.05) is 0 Å². The highest BCUT2D eigenvalue weighted by Crippen LogP contribution is 2.14. The van der Waals surface area contributed by atoms with Gasteiger partial charge in [-0.25, -0.2) is 28.8 Å². The Labute approximate surface area is 196 Å². The van der Waals surface area contributed by atoms with Crippen molar-refractivity contribution in [1.29, 1.82) is 0 Å². The molecule has 35 heavy (non-hydrogen) atoms. The van der Waals surface area contributed by atoms with Gasteiger partial charge in [0, 0.05) is 24.3 Å². The zero-order valence-corrected chi connectivity index (χ0v) is 17.6. The maximum Gasteiger partial charge on any atom is 0.339 e. The molecule has 0 atom stereocenters. The number of aliphatic carboxylic acids is 4. The van der Waals surface area contributed by atoms with E-state index in [1.165, 1.54) is 12.1 Å². The van der Waals surface area contributed by atoms with E-state index >= 15 is 0 Å². The van der Waals surface area contributed by atoms with E-state index in [2.05, 4.69) is 0 Å². The van der Waals surface area contributed by atoms with Crippen LogP contribution < -0.4 is 0 Å². The number of rotatable bonds is 6.